The van der Waals surface area contributed by atoms with Gasteiger partial charge in [0, 0.05) is 11.0 Å². The molecule has 0 bridgehead atoms. The van der Waals surface area contributed by atoms with Crippen LogP contribution in [0.1, 0.15) is 30.3 Å². The van der Waals surface area contributed by atoms with E-state index in [2.05, 4.69) is 52.4 Å². The van der Waals surface area contributed by atoms with Crippen LogP contribution in [0, 0.1) is 0 Å². The molecule has 3 heteroatoms. The summed E-state index contributed by atoms with van der Waals surface area (Å²) in [6.45, 7) is 2.87. The fraction of sp³-hybridized carbons (Fsp3) is 0.294. The molecule has 106 valence electrons. The summed E-state index contributed by atoms with van der Waals surface area (Å²) in [5.41, 5.74) is 2.37. The van der Waals surface area contributed by atoms with Gasteiger partial charge in [-0.25, -0.2) is 0 Å². The fourth-order valence-corrected chi connectivity index (χ4v) is 2.74. The van der Waals surface area contributed by atoms with Crippen molar-refractivity contribution in [3.8, 4) is 0 Å². The van der Waals surface area contributed by atoms with Gasteiger partial charge in [0.25, 0.3) is 0 Å². The quantitative estimate of drug-likeness (QED) is 0.841. The van der Waals surface area contributed by atoms with E-state index in [1.165, 1.54) is 11.1 Å². The van der Waals surface area contributed by atoms with Crippen molar-refractivity contribution < 1.29 is 4.74 Å². The molecule has 0 aliphatic carbocycles. The lowest BCUT2D eigenvalue weighted by Gasteiger charge is -2.24. The van der Waals surface area contributed by atoms with Crippen molar-refractivity contribution in [1.29, 1.82) is 0 Å². The van der Waals surface area contributed by atoms with E-state index in [9.17, 15) is 0 Å². The first-order chi connectivity index (χ1) is 9.72. The summed E-state index contributed by atoms with van der Waals surface area (Å²) in [5.74, 6) is 0. The molecule has 2 rings (SSSR count). The zero-order valence-corrected chi connectivity index (χ0v) is 13.4. The number of likely N-dealkylation sites (N-methyl/N-ethyl adjacent to an activating group) is 1. The summed E-state index contributed by atoms with van der Waals surface area (Å²) in [5, 5.41) is 3.20. The number of hydrogen-bond donors (Lipinski definition) is 1. The van der Waals surface area contributed by atoms with Crippen LogP contribution in [-0.4, -0.2) is 13.6 Å². The van der Waals surface area contributed by atoms with Crippen molar-refractivity contribution in [3.05, 3.63) is 70.2 Å². The van der Waals surface area contributed by atoms with E-state index in [1.54, 1.807) is 0 Å². The Bertz CT molecular complexity index is 530. The molecule has 2 aromatic carbocycles. The smallest absolute Gasteiger partial charge is 0.0968 e. The van der Waals surface area contributed by atoms with Crippen LogP contribution in [0.15, 0.2) is 59.1 Å². The molecule has 0 saturated carbocycles. The molecule has 0 heterocycles. The van der Waals surface area contributed by atoms with Crippen LogP contribution in [0.2, 0.25) is 0 Å². The largest absolute Gasteiger partial charge is 0.365 e. The predicted octanol–water partition coefficient (Wildman–Crippen LogP) is 4.49. The summed E-state index contributed by atoms with van der Waals surface area (Å²) in [6.07, 6.45) is 0.0763. The van der Waals surface area contributed by atoms with Crippen molar-refractivity contribution in [3.63, 3.8) is 0 Å². The zero-order valence-electron chi connectivity index (χ0n) is 11.8. The van der Waals surface area contributed by atoms with Crippen molar-refractivity contribution in [2.45, 2.75) is 19.1 Å². The maximum Gasteiger partial charge on any atom is 0.0968 e. The Morgan fingerprint density at radius 3 is 2.35 bits per heavy atom. The van der Waals surface area contributed by atoms with Gasteiger partial charge in [0.1, 0.15) is 0 Å². The number of benzene rings is 2. The molecule has 2 atom stereocenters. The summed E-state index contributed by atoms with van der Waals surface area (Å²) >= 11 is 3.61. The molecule has 0 aliphatic heterocycles. The number of hydrogen-bond acceptors (Lipinski definition) is 2. The zero-order chi connectivity index (χ0) is 14.4. The van der Waals surface area contributed by atoms with Crippen molar-refractivity contribution in [2.75, 3.05) is 13.6 Å². The normalized spacial score (nSPS) is 13.9. The van der Waals surface area contributed by atoms with Gasteiger partial charge >= 0.3 is 0 Å². The maximum atomic E-state index is 6.25. The van der Waals surface area contributed by atoms with Gasteiger partial charge in [0.15, 0.2) is 0 Å². The highest BCUT2D eigenvalue weighted by molar-refractivity contribution is 9.10. The summed E-state index contributed by atoms with van der Waals surface area (Å²) in [7, 11) is 1.94. The third-order valence-corrected chi connectivity index (χ3v) is 4.00. The molecule has 2 unspecified atom stereocenters. The Morgan fingerprint density at radius 1 is 1.05 bits per heavy atom. The lowest BCUT2D eigenvalue weighted by atomic mass is 10.1. The van der Waals surface area contributed by atoms with Crippen LogP contribution in [0.5, 0.6) is 0 Å². The predicted molar refractivity (Wildman–Crippen MR) is 86.8 cm³/mol. The second-order valence-electron chi connectivity index (χ2n) is 4.76. The van der Waals surface area contributed by atoms with Gasteiger partial charge in [-0.15, -0.1) is 0 Å². The average molecular weight is 334 g/mol. The highest BCUT2D eigenvalue weighted by atomic mass is 79.9. The van der Waals surface area contributed by atoms with E-state index in [1.807, 2.05) is 37.4 Å². The van der Waals surface area contributed by atoms with Gasteiger partial charge in [-0.3, -0.25) is 0 Å². The minimum atomic E-state index is 0.0192. The minimum Gasteiger partial charge on any atom is -0.365 e. The molecule has 2 nitrogen and oxygen atoms in total. The van der Waals surface area contributed by atoms with Crippen molar-refractivity contribution in [1.82, 2.24) is 5.32 Å². The first-order valence-electron chi connectivity index (χ1n) is 6.81. The molecule has 0 amide bonds. The van der Waals surface area contributed by atoms with E-state index in [-0.39, 0.29) is 12.2 Å². The van der Waals surface area contributed by atoms with Gasteiger partial charge in [0.05, 0.1) is 12.2 Å². The highest BCUT2D eigenvalue weighted by Gasteiger charge is 2.18. The van der Waals surface area contributed by atoms with Crippen LogP contribution in [-0.2, 0) is 4.74 Å². The Kier molecular flexibility index (Phi) is 5.77. The molecule has 0 aromatic heterocycles. The molecule has 0 saturated heterocycles. The monoisotopic (exact) mass is 333 g/mol. The van der Waals surface area contributed by atoms with Gasteiger partial charge in [-0.2, -0.15) is 0 Å². The third kappa shape index (κ3) is 3.92. The Hall–Kier alpha value is -1.16. The molecule has 2 aromatic rings. The molecule has 0 spiro atoms. The number of rotatable bonds is 6. The third-order valence-electron chi connectivity index (χ3n) is 3.28. The van der Waals surface area contributed by atoms with Gasteiger partial charge in [-0.05, 0) is 31.2 Å². The lowest BCUT2D eigenvalue weighted by Crippen LogP contribution is -2.21. The minimum absolute atomic E-state index is 0.0192. The van der Waals surface area contributed by atoms with E-state index in [0.29, 0.717) is 0 Å². The molecule has 0 aliphatic rings. The molecular weight excluding hydrogens is 314 g/mol. The average Bonchev–Trinajstić information content (AvgIpc) is 2.48. The summed E-state index contributed by atoms with van der Waals surface area (Å²) in [4.78, 5) is 0. The van der Waals surface area contributed by atoms with Crippen LogP contribution in [0.25, 0.3) is 0 Å². The first kappa shape index (κ1) is 15.2. The van der Waals surface area contributed by atoms with Gasteiger partial charge in [0.2, 0.25) is 0 Å². The molecule has 0 fully saturated rings. The van der Waals surface area contributed by atoms with E-state index in [4.69, 9.17) is 4.74 Å². The number of ether oxygens (including phenoxy) is 1. The molecular formula is C17H20BrNO. The topological polar surface area (TPSA) is 21.3 Å². The first-order valence-corrected chi connectivity index (χ1v) is 7.61. The number of halogens is 1. The van der Waals surface area contributed by atoms with Crippen LogP contribution in [0.3, 0.4) is 0 Å². The molecule has 1 N–H and O–H groups in total. The highest BCUT2D eigenvalue weighted by Crippen LogP contribution is 2.30. The van der Waals surface area contributed by atoms with Gasteiger partial charge < -0.3 is 10.1 Å². The SMILES string of the molecule is CNCC(OC(C)c1ccccc1)c1ccccc1Br. The van der Waals surface area contributed by atoms with E-state index < -0.39 is 0 Å². The van der Waals surface area contributed by atoms with E-state index >= 15 is 0 Å². The second kappa shape index (κ2) is 7.58. The number of nitrogens with one attached hydrogen (secondary N) is 1. The molecule has 0 radical (unpaired) electrons. The van der Waals surface area contributed by atoms with Crippen LogP contribution >= 0.6 is 15.9 Å². The maximum absolute atomic E-state index is 6.25. The van der Waals surface area contributed by atoms with Crippen LogP contribution in [0.4, 0.5) is 0 Å². The van der Waals surface area contributed by atoms with Gasteiger partial charge in [-0.1, -0.05) is 64.5 Å². The van der Waals surface area contributed by atoms with Crippen molar-refractivity contribution in [2.24, 2.45) is 0 Å². The summed E-state index contributed by atoms with van der Waals surface area (Å²) < 4.78 is 7.34. The Labute approximate surface area is 129 Å². The fourth-order valence-electron chi connectivity index (χ4n) is 2.20. The summed E-state index contributed by atoms with van der Waals surface area (Å²) in [6, 6.07) is 18.5. The van der Waals surface area contributed by atoms with Crippen LogP contribution < -0.4 is 5.32 Å². The Balaban J connectivity index is 2.16. The van der Waals surface area contributed by atoms with Crippen molar-refractivity contribution >= 4 is 15.9 Å². The second-order valence-corrected chi connectivity index (χ2v) is 5.61. The Morgan fingerprint density at radius 2 is 1.70 bits per heavy atom. The van der Waals surface area contributed by atoms with E-state index in [0.717, 1.165) is 11.0 Å². The lowest BCUT2D eigenvalue weighted by molar-refractivity contribution is -0.00378. The molecule has 20 heavy (non-hydrogen) atoms. The standard InChI is InChI=1S/C17H20BrNO/c1-13(14-8-4-3-5-9-14)20-17(12-19-2)15-10-6-7-11-16(15)18/h3-11,13,17,19H,12H2,1-2H3.